The zero-order valence-corrected chi connectivity index (χ0v) is 9.55. The zero-order valence-electron chi connectivity index (χ0n) is 8.74. The maximum absolute atomic E-state index is 5.56. The first-order valence-electron chi connectivity index (χ1n) is 5.70. The minimum Gasteiger partial charge on any atom is -0.448 e. The minimum atomic E-state index is 0.404. The van der Waals surface area contributed by atoms with Crippen LogP contribution in [-0.4, -0.2) is 23.0 Å². The molecule has 1 unspecified atom stereocenters. The van der Waals surface area contributed by atoms with Gasteiger partial charge >= 0.3 is 0 Å². The summed E-state index contributed by atoms with van der Waals surface area (Å²) in [4.78, 5) is 4.61. The molecule has 1 atom stereocenters. The van der Waals surface area contributed by atoms with Crippen molar-refractivity contribution in [3.8, 4) is 0 Å². The number of aromatic nitrogens is 1. The van der Waals surface area contributed by atoms with Crippen molar-refractivity contribution in [3.05, 3.63) is 17.8 Å². The molecular weight excluding hydrogens is 208 g/mol. The van der Waals surface area contributed by atoms with Gasteiger partial charge in [-0.15, -0.1) is 0 Å². The number of rotatable bonds is 2. The lowest BCUT2D eigenvalue weighted by molar-refractivity contribution is 0.335. The fourth-order valence-electron chi connectivity index (χ4n) is 2.06. The summed E-state index contributed by atoms with van der Waals surface area (Å²) in [7, 11) is 0. The van der Waals surface area contributed by atoms with Gasteiger partial charge in [0.2, 0.25) is 0 Å². The van der Waals surface area contributed by atoms with Gasteiger partial charge in [0, 0.05) is 24.0 Å². The highest BCUT2D eigenvalue weighted by Crippen LogP contribution is 2.36. The minimum absolute atomic E-state index is 0.404. The molecule has 1 aliphatic heterocycles. The molecule has 1 aromatic rings. The maximum atomic E-state index is 5.56. The van der Waals surface area contributed by atoms with Gasteiger partial charge in [-0.05, 0) is 12.8 Å². The van der Waals surface area contributed by atoms with Gasteiger partial charge in [0.1, 0.15) is 6.26 Å². The first kappa shape index (κ1) is 9.73. The zero-order chi connectivity index (χ0) is 10.1. The van der Waals surface area contributed by atoms with E-state index in [0.717, 1.165) is 23.9 Å². The molecule has 1 saturated carbocycles. The van der Waals surface area contributed by atoms with Crippen molar-refractivity contribution in [3.63, 3.8) is 0 Å². The van der Waals surface area contributed by atoms with Crippen LogP contribution in [-0.2, 0) is 0 Å². The first-order chi connectivity index (χ1) is 7.43. The van der Waals surface area contributed by atoms with Crippen LogP contribution in [0.3, 0.4) is 0 Å². The number of oxazole rings is 1. The Hall–Kier alpha value is -0.480. The topological polar surface area (TPSA) is 38.1 Å². The van der Waals surface area contributed by atoms with Crippen molar-refractivity contribution in [2.75, 3.05) is 18.1 Å². The smallest absolute Gasteiger partial charge is 0.197 e. The summed E-state index contributed by atoms with van der Waals surface area (Å²) in [6.45, 7) is 1.08. The largest absolute Gasteiger partial charge is 0.448 e. The molecule has 3 nitrogen and oxygen atoms in total. The molecule has 1 aromatic heterocycles. The molecule has 0 amide bonds. The number of hydrogen-bond acceptors (Lipinski definition) is 4. The molecular formula is C11H16N2OS. The van der Waals surface area contributed by atoms with Crippen LogP contribution in [0.2, 0.25) is 0 Å². The predicted octanol–water partition coefficient (Wildman–Crippen LogP) is 2.32. The molecule has 2 fully saturated rings. The highest BCUT2D eigenvalue weighted by atomic mass is 32.2. The highest BCUT2D eigenvalue weighted by Gasteiger charge is 2.26. The van der Waals surface area contributed by atoms with Crippen molar-refractivity contribution in [2.24, 2.45) is 0 Å². The second-order valence-electron chi connectivity index (χ2n) is 4.32. The quantitative estimate of drug-likeness (QED) is 0.836. The molecule has 0 radical (unpaired) electrons. The molecule has 2 aliphatic rings. The van der Waals surface area contributed by atoms with Crippen LogP contribution < -0.4 is 5.32 Å². The molecule has 1 aliphatic carbocycles. The Kier molecular flexibility index (Phi) is 2.71. The monoisotopic (exact) mass is 224 g/mol. The lowest BCUT2D eigenvalue weighted by atomic mass is 9.85. The maximum Gasteiger partial charge on any atom is 0.197 e. The number of nitrogens with one attached hydrogen (secondary N) is 1. The van der Waals surface area contributed by atoms with Crippen molar-refractivity contribution >= 4 is 11.8 Å². The van der Waals surface area contributed by atoms with E-state index in [1.165, 1.54) is 25.0 Å². The average Bonchev–Trinajstić information content (AvgIpc) is 2.66. The molecule has 2 heterocycles. The van der Waals surface area contributed by atoms with Crippen LogP contribution in [0.1, 0.15) is 42.8 Å². The van der Waals surface area contributed by atoms with E-state index in [2.05, 4.69) is 10.3 Å². The highest BCUT2D eigenvalue weighted by molar-refractivity contribution is 7.99. The first-order valence-corrected chi connectivity index (χ1v) is 6.85. The van der Waals surface area contributed by atoms with Gasteiger partial charge in [-0.1, -0.05) is 6.42 Å². The van der Waals surface area contributed by atoms with Crippen LogP contribution in [0.15, 0.2) is 10.7 Å². The second kappa shape index (κ2) is 4.18. The van der Waals surface area contributed by atoms with E-state index in [9.17, 15) is 0 Å². The van der Waals surface area contributed by atoms with Gasteiger partial charge in [-0.2, -0.15) is 11.8 Å². The molecule has 82 valence electrons. The van der Waals surface area contributed by atoms with E-state index < -0.39 is 0 Å². The number of nitrogens with zero attached hydrogens (tertiary/aromatic N) is 1. The Morgan fingerprint density at radius 3 is 3.07 bits per heavy atom. The molecule has 15 heavy (non-hydrogen) atoms. The molecule has 1 saturated heterocycles. The van der Waals surface area contributed by atoms with E-state index in [-0.39, 0.29) is 0 Å². The lowest BCUT2D eigenvalue weighted by Crippen LogP contribution is -2.30. The fraction of sp³-hybridized carbons (Fsp3) is 0.727. The van der Waals surface area contributed by atoms with Crippen LogP contribution >= 0.6 is 11.8 Å². The molecule has 3 rings (SSSR count). The molecule has 0 bridgehead atoms. The molecule has 0 aromatic carbocycles. The van der Waals surface area contributed by atoms with Gasteiger partial charge in [0.25, 0.3) is 0 Å². The van der Waals surface area contributed by atoms with Crippen LogP contribution in [0.4, 0.5) is 0 Å². The summed E-state index contributed by atoms with van der Waals surface area (Å²) in [5.74, 6) is 3.91. The second-order valence-corrected chi connectivity index (χ2v) is 5.47. The number of hydrogen-bond donors (Lipinski definition) is 1. The van der Waals surface area contributed by atoms with Crippen LogP contribution in [0.25, 0.3) is 0 Å². The summed E-state index contributed by atoms with van der Waals surface area (Å²) in [6, 6.07) is 0.404. The average molecular weight is 224 g/mol. The van der Waals surface area contributed by atoms with E-state index >= 15 is 0 Å². The van der Waals surface area contributed by atoms with Crippen LogP contribution in [0.5, 0.6) is 0 Å². The van der Waals surface area contributed by atoms with Gasteiger partial charge < -0.3 is 9.73 Å². The third kappa shape index (κ3) is 1.93. The van der Waals surface area contributed by atoms with Crippen molar-refractivity contribution in [1.82, 2.24) is 10.3 Å². The third-order valence-electron chi connectivity index (χ3n) is 3.27. The predicted molar refractivity (Wildman–Crippen MR) is 61.2 cm³/mol. The van der Waals surface area contributed by atoms with Gasteiger partial charge in [0.15, 0.2) is 5.89 Å². The molecule has 0 spiro atoms. The Morgan fingerprint density at radius 1 is 1.47 bits per heavy atom. The molecule has 1 N–H and O–H groups in total. The van der Waals surface area contributed by atoms with Crippen molar-refractivity contribution < 1.29 is 4.42 Å². The van der Waals surface area contributed by atoms with Gasteiger partial charge in [-0.25, -0.2) is 4.98 Å². The van der Waals surface area contributed by atoms with Crippen molar-refractivity contribution in [1.29, 1.82) is 0 Å². The summed E-state index contributed by atoms with van der Waals surface area (Å²) in [5, 5.41) is 3.48. The Labute approximate surface area is 94.0 Å². The summed E-state index contributed by atoms with van der Waals surface area (Å²) >= 11 is 1.99. The summed E-state index contributed by atoms with van der Waals surface area (Å²) in [5.41, 5.74) is 1.10. The Balaban J connectivity index is 1.71. The van der Waals surface area contributed by atoms with Crippen molar-refractivity contribution in [2.45, 2.75) is 31.2 Å². The normalized spacial score (nSPS) is 27.6. The van der Waals surface area contributed by atoms with Gasteiger partial charge in [0.05, 0.1) is 11.7 Å². The number of thioether (sulfide) groups is 1. The van der Waals surface area contributed by atoms with Crippen LogP contribution in [0, 0.1) is 0 Å². The van der Waals surface area contributed by atoms with E-state index in [1.54, 1.807) is 0 Å². The van der Waals surface area contributed by atoms with E-state index in [1.807, 2.05) is 18.0 Å². The summed E-state index contributed by atoms with van der Waals surface area (Å²) in [6.07, 6.45) is 5.69. The van der Waals surface area contributed by atoms with E-state index in [4.69, 9.17) is 4.42 Å². The molecule has 4 heteroatoms. The Bertz CT molecular complexity index is 329. The van der Waals surface area contributed by atoms with E-state index in [0.29, 0.717) is 12.0 Å². The SMILES string of the molecule is c1oc(C2CCC2)nc1C1CSCCN1. The summed E-state index contributed by atoms with van der Waals surface area (Å²) < 4.78 is 5.56. The Morgan fingerprint density at radius 2 is 2.40 bits per heavy atom. The fourth-order valence-corrected chi connectivity index (χ4v) is 3.01. The standard InChI is InChI=1S/C11H16N2OS/c1-2-8(3-1)11-13-9(6-14-11)10-7-15-5-4-12-10/h6,8,10,12H,1-5,7H2. The lowest BCUT2D eigenvalue weighted by Gasteiger charge is -2.22. The van der Waals surface area contributed by atoms with Gasteiger partial charge in [-0.3, -0.25) is 0 Å². The third-order valence-corrected chi connectivity index (χ3v) is 4.33.